The zero-order valence-electron chi connectivity index (χ0n) is 8.65. The van der Waals surface area contributed by atoms with Crippen LogP contribution < -0.4 is 4.74 Å². The van der Waals surface area contributed by atoms with Gasteiger partial charge in [0.05, 0.1) is 0 Å². The minimum Gasteiger partial charge on any atom is -0.487 e. The van der Waals surface area contributed by atoms with Gasteiger partial charge in [-0.2, -0.15) is 22.0 Å². The van der Waals surface area contributed by atoms with E-state index in [2.05, 4.69) is 20.7 Å². The van der Waals surface area contributed by atoms with Crippen LogP contribution in [-0.4, -0.2) is 24.9 Å². The van der Waals surface area contributed by atoms with Gasteiger partial charge in [0.15, 0.2) is 6.61 Å². The van der Waals surface area contributed by atoms with Gasteiger partial charge in [-0.3, -0.25) is 0 Å². The van der Waals surface area contributed by atoms with E-state index in [1.54, 1.807) is 6.07 Å². The Kier molecular flexibility index (Phi) is 4.52. The normalized spacial score (nSPS) is 14.4. The molecule has 0 unspecified atom stereocenters. The highest BCUT2D eigenvalue weighted by molar-refractivity contribution is 9.10. The van der Waals surface area contributed by atoms with Crippen molar-refractivity contribution in [3.63, 3.8) is 0 Å². The van der Waals surface area contributed by atoms with E-state index in [1.165, 1.54) is 18.2 Å². The monoisotopic (exact) mass is 336 g/mol. The molecule has 0 bridgehead atoms. The first-order valence-corrected chi connectivity index (χ1v) is 5.39. The Morgan fingerprint density at radius 1 is 1.17 bits per heavy atom. The van der Waals surface area contributed by atoms with Gasteiger partial charge >= 0.3 is 12.1 Å². The zero-order valence-corrected chi connectivity index (χ0v) is 10.2. The van der Waals surface area contributed by atoms with Crippen LogP contribution in [0.3, 0.4) is 0 Å². The average Bonchev–Trinajstić information content (AvgIpc) is 2.24. The van der Waals surface area contributed by atoms with Crippen LogP contribution in [-0.2, 0) is 0 Å². The standard InChI is InChI=1S/C10H7BrF6O/c11-6-2-1-3-7(4-6)18-5-9(13,14)8(12)10(15,16)17/h1-4,8H,5H2/t8-/m0/s1. The minimum absolute atomic E-state index is 0.0848. The summed E-state index contributed by atoms with van der Waals surface area (Å²) < 4.78 is 78.6. The van der Waals surface area contributed by atoms with Crippen LogP contribution in [0.1, 0.15) is 0 Å². The maximum atomic E-state index is 12.9. The van der Waals surface area contributed by atoms with E-state index in [0.717, 1.165) is 0 Å². The molecular formula is C10H7BrF6O. The summed E-state index contributed by atoms with van der Waals surface area (Å²) in [6.07, 6.45) is -9.87. The lowest BCUT2D eigenvalue weighted by molar-refractivity contribution is -0.250. The minimum atomic E-state index is -5.62. The number of ether oxygens (including phenoxy) is 1. The molecule has 0 amide bonds. The Morgan fingerprint density at radius 2 is 1.78 bits per heavy atom. The highest BCUT2D eigenvalue weighted by Gasteiger charge is 2.57. The molecule has 0 N–H and O–H groups in total. The Balaban J connectivity index is 2.67. The second kappa shape index (κ2) is 5.38. The summed E-state index contributed by atoms with van der Waals surface area (Å²) in [7, 11) is 0. The first kappa shape index (κ1) is 15.1. The summed E-state index contributed by atoms with van der Waals surface area (Å²) in [5.74, 6) is -4.72. The summed E-state index contributed by atoms with van der Waals surface area (Å²) in [6.45, 7) is -1.69. The molecule has 0 aromatic heterocycles. The van der Waals surface area contributed by atoms with Crippen LogP contribution >= 0.6 is 15.9 Å². The van der Waals surface area contributed by atoms with Crippen molar-refractivity contribution >= 4 is 15.9 Å². The Hall–Kier alpha value is -0.920. The molecular weight excluding hydrogens is 330 g/mol. The molecule has 0 heterocycles. The van der Waals surface area contributed by atoms with Gasteiger partial charge in [-0.1, -0.05) is 22.0 Å². The van der Waals surface area contributed by atoms with Crippen molar-refractivity contribution in [2.75, 3.05) is 6.61 Å². The molecule has 0 radical (unpaired) electrons. The average molecular weight is 337 g/mol. The molecule has 1 atom stereocenters. The van der Waals surface area contributed by atoms with Crippen molar-refractivity contribution in [1.29, 1.82) is 0 Å². The van der Waals surface area contributed by atoms with Gasteiger partial charge in [0.25, 0.3) is 6.17 Å². The van der Waals surface area contributed by atoms with Crippen LogP contribution in [0.5, 0.6) is 5.75 Å². The lowest BCUT2D eigenvalue weighted by Crippen LogP contribution is -2.45. The van der Waals surface area contributed by atoms with Crippen molar-refractivity contribution in [3.05, 3.63) is 28.7 Å². The van der Waals surface area contributed by atoms with Crippen molar-refractivity contribution in [1.82, 2.24) is 0 Å². The molecule has 1 nitrogen and oxygen atoms in total. The predicted molar refractivity (Wildman–Crippen MR) is 55.5 cm³/mol. The van der Waals surface area contributed by atoms with Gasteiger partial charge in [-0.05, 0) is 18.2 Å². The number of benzene rings is 1. The van der Waals surface area contributed by atoms with E-state index >= 15 is 0 Å². The summed E-state index contributed by atoms with van der Waals surface area (Å²) >= 11 is 3.02. The molecule has 1 aromatic rings. The van der Waals surface area contributed by atoms with Gasteiger partial charge in [-0.15, -0.1) is 0 Å². The number of hydrogen-bond acceptors (Lipinski definition) is 1. The van der Waals surface area contributed by atoms with Crippen LogP contribution in [0.15, 0.2) is 28.7 Å². The molecule has 0 aliphatic heterocycles. The molecule has 102 valence electrons. The largest absolute Gasteiger partial charge is 0.487 e. The molecule has 0 saturated heterocycles. The van der Waals surface area contributed by atoms with E-state index in [1.807, 2.05) is 0 Å². The number of hydrogen-bond donors (Lipinski definition) is 0. The summed E-state index contributed by atoms with van der Waals surface area (Å²) in [4.78, 5) is 0. The molecule has 0 aliphatic carbocycles. The van der Waals surface area contributed by atoms with Gasteiger partial charge in [0, 0.05) is 4.47 Å². The zero-order chi connectivity index (χ0) is 14.0. The van der Waals surface area contributed by atoms with Crippen LogP contribution in [0.4, 0.5) is 26.3 Å². The SMILES string of the molecule is F[C@H](C(F)(F)F)C(F)(F)COc1cccc(Br)c1. The van der Waals surface area contributed by atoms with Crippen LogP contribution in [0.2, 0.25) is 0 Å². The second-order valence-electron chi connectivity index (χ2n) is 3.41. The molecule has 8 heteroatoms. The maximum absolute atomic E-state index is 12.9. The van der Waals surface area contributed by atoms with Gasteiger partial charge in [0.2, 0.25) is 0 Å². The Labute approximate surface area is 107 Å². The third kappa shape index (κ3) is 4.08. The first-order valence-electron chi connectivity index (χ1n) is 4.60. The van der Waals surface area contributed by atoms with Crippen molar-refractivity contribution < 1.29 is 31.1 Å². The van der Waals surface area contributed by atoms with E-state index in [9.17, 15) is 26.3 Å². The smallest absolute Gasteiger partial charge is 0.425 e. The quantitative estimate of drug-likeness (QED) is 0.742. The van der Waals surface area contributed by atoms with Crippen molar-refractivity contribution in [3.8, 4) is 5.75 Å². The lowest BCUT2D eigenvalue weighted by Gasteiger charge is -2.22. The van der Waals surface area contributed by atoms with Crippen molar-refractivity contribution in [2.24, 2.45) is 0 Å². The summed E-state index contributed by atoms with van der Waals surface area (Å²) in [6, 6.07) is 5.55. The van der Waals surface area contributed by atoms with Gasteiger partial charge in [-0.25, -0.2) is 4.39 Å². The highest BCUT2D eigenvalue weighted by Crippen LogP contribution is 2.35. The third-order valence-electron chi connectivity index (χ3n) is 1.89. The topological polar surface area (TPSA) is 9.23 Å². The number of halogens is 7. The number of rotatable bonds is 4. The molecule has 0 spiro atoms. The molecule has 18 heavy (non-hydrogen) atoms. The Bertz CT molecular complexity index is 406. The molecule has 0 saturated carbocycles. The van der Waals surface area contributed by atoms with Gasteiger partial charge < -0.3 is 4.74 Å². The highest BCUT2D eigenvalue weighted by atomic mass is 79.9. The fraction of sp³-hybridized carbons (Fsp3) is 0.400. The molecule has 0 fully saturated rings. The maximum Gasteiger partial charge on any atom is 0.425 e. The third-order valence-corrected chi connectivity index (χ3v) is 2.38. The predicted octanol–water partition coefficient (Wildman–Crippen LogP) is 4.36. The molecule has 1 aromatic carbocycles. The van der Waals surface area contributed by atoms with Crippen LogP contribution in [0.25, 0.3) is 0 Å². The van der Waals surface area contributed by atoms with E-state index in [0.29, 0.717) is 4.47 Å². The fourth-order valence-electron chi connectivity index (χ4n) is 1.05. The Morgan fingerprint density at radius 3 is 2.28 bits per heavy atom. The van der Waals surface area contributed by atoms with Crippen molar-refractivity contribution in [2.45, 2.75) is 18.3 Å². The summed E-state index contributed by atoms with van der Waals surface area (Å²) in [5.41, 5.74) is 0. The first-order chi connectivity index (χ1) is 8.13. The second-order valence-corrected chi connectivity index (χ2v) is 4.33. The fourth-order valence-corrected chi connectivity index (χ4v) is 1.43. The number of alkyl halides is 6. The van der Waals surface area contributed by atoms with E-state index in [-0.39, 0.29) is 5.75 Å². The molecule has 0 aliphatic rings. The van der Waals surface area contributed by atoms with Crippen LogP contribution in [0, 0.1) is 0 Å². The lowest BCUT2D eigenvalue weighted by atomic mass is 10.2. The van der Waals surface area contributed by atoms with E-state index in [4.69, 9.17) is 0 Å². The van der Waals surface area contributed by atoms with E-state index < -0.39 is 24.9 Å². The van der Waals surface area contributed by atoms with Gasteiger partial charge in [0.1, 0.15) is 5.75 Å². The molecule has 1 rings (SSSR count). The summed E-state index contributed by atoms with van der Waals surface area (Å²) in [5, 5.41) is 0.